The Morgan fingerprint density at radius 2 is 1.96 bits per heavy atom. The monoisotopic (exact) mass is 375 g/mol. The lowest BCUT2D eigenvalue weighted by atomic mass is 9.72. The van der Waals surface area contributed by atoms with E-state index >= 15 is 0 Å². The third-order valence-corrected chi connectivity index (χ3v) is 6.20. The lowest BCUT2D eigenvalue weighted by Gasteiger charge is -2.40. The molecule has 0 saturated carbocycles. The van der Waals surface area contributed by atoms with Crippen molar-refractivity contribution in [2.75, 3.05) is 25.0 Å². The molecule has 4 rings (SSSR count). The van der Waals surface area contributed by atoms with E-state index in [2.05, 4.69) is 58.5 Å². The maximum absolute atomic E-state index is 5.62. The van der Waals surface area contributed by atoms with Gasteiger partial charge in [-0.1, -0.05) is 30.9 Å². The van der Waals surface area contributed by atoms with Crippen molar-refractivity contribution in [2.24, 2.45) is 5.73 Å². The second-order valence-electron chi connectivity index (χ2n) is 8.12. The van der Waals surface area contributed by atoms with Crippen molar-refractivity contribution in [2.45, 2.75) is 38.0 Å². The van der Waals surface area contributed by atoms with Crippen LogP contribution in [0.1, 0.15) is 41.8 Å². The van der Waals surface area contributed by atoms with Gasteiger partial charge in [-0.15, -0.1) is 0 Å². The van der Waals surface area contributed by atoms with Crippen molar-refractivity contribution in [3.05, 3.63) is 72.0 Å². The zero-order valence-corrected chi connectivity index (χ0v) is 16.7. The second kappa shape index (κ2) is 7.40. The molecule has 3 heterocycles. The smallest absolute Gasteiger partial charge is 0.174 e. The molecule has 0 atom stereocenters. The quantitative estimate of drug-likeness (QED) is 0.835. The van der Waals surface area contributed by atoms with Crippen LogP contribution in [0.4, 0.5) is 5.69 Å². The van der Waals surface area contributed by atoms with E-state index in [0.29, 0.717) is 11.5 Å². The number of hydrogen-bond donors (Lipinski definition) is 2. The van der Waals surface area contributed by atoms with Gasteiger partial charge in [-0.05, 0) is 69.4 Å². The highest BCUT2D eigenvalue weighted by Crippen LogP contribution is 2.49. The van der Waals surface area contributed by atoms with Gasteiger partial charge in [0.25, 0.3) is 0 Å². The summed E-state index contributed by atoms with van der Waals surface area (Å²) < 4.78 is 0. The lowest BCUT2D eigenvalue weighted by Crippen LogP contribution is -2.43. The number of likely N-dealkylation sites (tertiary alicyclic amines) is 1. The Bertz CT molecular complexity index is 892. The third-order valence-electron chi connectivity index (χ3n) is 6.20. The first-order valence-corrected chi connectivity index (χ1v) is 10.0. The molecule has 1 fully saturated rings. The SMILES string of the molecule is C=C(N)c1ncc(CCCN2CCC3(CC2)C(=C)Nc2ccc(C)cc23)cn1. The molecule has 0 aliphatic carbocycles. The second-order valence-corrected chi connectivity index (χ2v) is 8.12. The Morgan fingerprint density at radius 1 is 1.25 bits per heavy atom. The first-order valence-electron chi connectivity index (χ1n) is 10.0. The van der Waals surface area contributed by atoms with E-state index in [-0.39, 0.29) is 5.41 Å². The van der Waals surface area contributed by atoms with Gasteiger partial charge in [0.1, 0.15) is 0 Å². The number of aryl methyl sites for hydroxylation is 2. The van der Waals surface area contributed by atoms with Crippen LogP contribution in [-0.2, 0) is 11.8 Å². The lowest BCUT2D eigenvalue weighted by molar-refractivity contribution is 0.179. The molecule has 5 nitrogen and oxygen atoms in total. The van der Waals surface area contributed by atoms with Crippen LogP contribution < -0.4 is 11.1 Å². The zero-order valence-electron chi connectivity index (χ0n) is 16.7. The number of piperidine rings is 1. The molecule has 0 amide bonds. The Balaban J connectivity index is 1.32. The number of nitrogens with one attached hydrogen (secondary N) is 1. The molecule has 2 aliphatic rings. The molecule has 3 N–H and O–H groups in total. The van der Waals surface area contributed by atoms with Crippen LogP contribution in [0, 0.1) is 6.92 Å². The first kappa shape index (κ1) is 18.7. The number of nitrogens with two attached hydrogens (primary N) is 1. The molecule has 146 valence electrons. The predicted molar refractivity (Wildman–Crippen MR) is 115 cm³/mol. The van der Waals surface area contributed by atoms with Crippen LogP contribution in [0.5, 0.6) is 0 Å². The molecular formula is C23H29N5. The van der Waals surface area contributed by atoms with Crippen molar-refractivity contribution >= 4 is 11.4 Å². The number of benzene rings is 1. The molecule has 0 unspecified atom stereocenters. The van der Waals surface area contributed by atoms with Gasteiger partial charge in [-0.25, -0.2) is 9.97 Å². The molecular weight excluding hydrogens is 346 g/mol. The number of nitrogens with zero attached hydrogens (tertiary/aromatic N) is 3. The first-order chi connectivity index (χ1) is 13.5. The number of anilines is 1. The summed E-state index contributed by atoms with van der Waals surface area (Å²) in [6, 6.07) is 6.72. The molecule has 0 radical (unpaired) electrons. The van der Waals surface area contributed by atoms with Crippen LogP contribution in [0.15, 0.2) is 49.4 Å². The largest absolute Gasteiger partial charge is 0.396 e. The molecule has 5 heteroatoms. The summed E-state index contributed by atoms with van der Waals surface area (Å²) in [5, 5.41) is 3.54. The minimum atomic E-state index is 0.103. The summed E-state index contributed by atoms with van der Waals surface area (Å²) in [7, 11) is 0. The van der Waals surface area contributed by atoms with Gasteiger partial charge in [-0.3, -0.25) is 0 Å². The van der Waals surface area contributed by atoms with Gasteiger partial charge >= 0.3 is 0 Å². The van der Waals surface area contributed by atoms with Crippen molar-refractivity contribution in [1.82, 2.24) is 14.9 Å². The molecule has 2 aliphatic heterocycles. The highest BCUT2D eigenvalue weighted by Gasteiger charge is 2.44. The Labute approximate surface area is 167 Å². The number of aromatic nitrogens is 2. The maximum atomic E-state index is 5.62. The van der Waals surface area contributed by atoms with E-state index in [1.165, 1.54) is 22.5 Å². The normalized spacial score (nSPS) is 18.1. The summed E-state index contributed by atoms with van der Waals surface area (Å²) in [4.78, 5) is 11.1. The Hall–Kier alpha value is -2.66. The van der Waals surface area contributed by atoms with Crippen molar-refractivity contribution in [1.29, 1.82) is 0 Å². The van der Waals surface area contributed by atoms with Gasteiger partial charge in [0.2, 0.25) is 0 Å². The molecule has 0 bridgehead atoms. The fourth-order valence-electron chi connectivity index (χ4n) is 4.49. The minimum absolute atomic E-state index is 0.103. The van der Waals surface area contributed by atoms with Crippen LogP contribution in [-0.4, -0.2) is 34.5 Å². The average molecular weight is 376 g/mol. The van der Waals surface area contributed by atoms with Crippen LogP contribution in [0.3, 0.4) is 0 Å². The van der Waals surface area contributed by atoms with Crippen molar-refractivity contribution < 1.29 is 0 Å². The fourth-order valence-corrected chi connectivity index (χ4v) is 4.49. The van der Waals surface area contributed by atoms with Crippen LogP contribution in [0.2, 0.25) is 0 Å². The number of fused-ring (bicyclic) bond motifs is 2. The van der Waals surface area contributed by atoms with Crippen LogP contribution in [0.25, 0.3) is 5.70 Å². The number of hydrogen-bond acceptors (Lipinski definition) is 5. The molecule has 1 spiro atoms. The van der Waals surface area contributed by atoms with E-state index in [4.69, 9.17) is 5.73 Å². The minimum Gasteiger partial charge on any atom is -0.396 e. The van der Waals surface area contributed by atoms with Gasteiger partial charge in [0.05, 0.1) is 5.70 Å². The molecule has 1 saturated heterocycles. The summed E-state index contributed by atoms with van der Waals surface area (Å²) in [5.74, 6) is 0.519. The van der Waals surface area contributed by atoms with Crippen molar-refractivity contribution in [3.63, 3.8) is 0 Å². The van der Waals surface area contributed by atoms with Gasteiger partial charge in [0, 0.05) is 29.2 Å². The standard InChI is InChI=1S/C23H29N5/c1-16-6-7-21-20(13-16)23(18(3)27-21)8-11-28(12-9-23)10-4-5-19-14-25-22(17(2)24)26-15-19/h6-7,13-15,27H,2-5,8-12,24H2,1H3. The van der Waals surface area contributed by atoms with Gasteiger partial charge in [0.15, 0.2) is 5.82 Å². The zero-order chi connectivity index (χ0) is 19.7. The van der Waals surface area contributed by atoms with E-state index in [1.807, 2.05) is 12.4 Å². The highest BCUT2D eigenvalue weighted by molar-refractivity contribution is 5.68. The fraction of sp³-hybridized carbons (Fsp3) is 0.391. The summed E-state index contributed by atoms with van der Waals surface area (Å²) in [6.07, 6.45) is 8.07. The Kier molecular flexibility index (Phi) is 4.94. The molecule has 1 aromatic carbocycles. The predicted octanol–water partition coefficient (Wildman–Crippen LogP) is 3.62. The van der Waals surface area contributed by atoms with Crippen LogP contribution >= 0.6 is 0 Å². The van der Waals surface area contributed by atoms with E-state index in [0.717, 1.165) is 50.9 Å². The van der Waals surface area contributed by atoms with Gasteiger partial charge < -0.3 is 16.0 Å². The van der Waals surface area contributed by atoms with E-state index in [9.17, 15) is 0 Å². The number of allylic oxidation sites excluding steroid dienone is 1. The summed E-state index contributed by atoms with van der Waals surface area (Å²) in [6.45, 7) is 13.5. The third kappa shape index (κ3) is 3.42. The Morgan fingerprint density at radius 3 is 2.64 bits per heavy atom. The highest BCUT2D eigenvalue weighted by atomic mass is 15.1. The molecule has 2 aromatic rings. The van der Waals surface area contributed by atoms with E-state index < -0.39 is 0 Å². The molecule has 1 aromatic heterocycles. The summed E-state index contributed by atoms with van der Waals surface area (Å²) >= 11 is 0. The number of rotatable bonds is 5. The molecule has 28 heavy (non-hydrogen) atoms. The maximum Gasteiger partial charge on any atom is 0.174 e. The summed E-state index contributed by atoms with van der Waals surface area (Å²) in [5.41, 5.74) is 12.5. The average Bonchev–Trinajstić information content (AvgIpc) is 2.95. The van der Waals surface area contributed by atoms with Crippen molar-refractivity contribution in [3.8, 4) is 0 Å². The topological polar surface area (TPSA) is 67.1 Å². The van der Waals surface area contributed by atoms with Gasteiger partial charge in [-0.2, -0.15) is 0 Å². The van der Waals surface area contributed by atoms with E-state index in [1.54, 1.807) is 0 Å².